The molecule has 0 aliphatic heterocycles. The number of para-hydroxylation sites is 2. The molecule has 5 aromatic carbocycles. The van der Waals surface area contributed by atoms with Crippen LogP contribution in [0, 0.1) is 0 Å². The molecule has 1 aliphatic rings. The highest BCUT2D eigenvalue weighted by atomic mass is 32.1. The summed E-state index contributed by atoms with van der Waals surface area (Å²) in [5.41, 5.74) is 17.7. The summed E-state index contributed by atoms with van der Waals surface area (Å²) < 4.78 is 4.73. The largest absolute Gasteiger partial charge is 0.309 e. The summed E-state index contributed by atoms with van der Waals surface area (Å²) in [5, 5.41) is 8.22. The van der Waals surface area contributed by atoms with Crippen LogP contribution in [0.5, 0.6) is 0 Å². The summed E-state index contributed by atoms with van der Waals surface area (Å²) in [6.45, 7) is 4.61. The maximum Gasteiger partial charge on any atom is 0.0963 e. The fraction of sp³-hybridized carbons (Fsp3) is 0.0638. The molecule has 5 heteroatoms. The third-order valence-electron chi connectivity index (χ3n) is 11.2. The van der Waals surface area contributed by atoms with Crippen LogP contribution in [0.15, 0.2) is 157 Å². The highest BCUT2D eigenvalue weighted by Gasteiger charge is 2.36. The second-order valence-corrected chi connectivity index (χ2v) is 15.1. The lowest BCUT2D eigenvalue weighted by molar-refractivity contribution is 0.659. The van der Waals surface area contributed by atoms with Crippen molar-refractivity contribution in [3.05, 3.63) is 168 Å². The Balaban J connectivity index is 1.06. The first kappa shape index (κ1) is 29.4. The number of thiophene rings is 1. The van der Waals surface area contributed by atoms with Crippen LogP contribution >= 0.6 is 11.3 Å². The minimum absolute atomic E-state index is 0.0779. The summed E-state index contributed by atoms with van der Waals surface area (Å²) in [4.78, 5) is 9.71. The van der Waals surface area contributed by atoms with Gasteiger partial charge in [0.15, 0.2) is 0 Å². The molecular weight excluding hydrogens is 653 g/mol. The van der Waals surface area contributed by atoms with Gasteiger partial charge in [-0.1, -0.05) is 74.5 Å². The van der Waals surface area contributed by atoms with Crippen molar-refractivity contribution < 1.29 is 0 Å². The number of hydrogen-bond acceptors (Lipinski definition) is 3. The molecule has 246 valence electrons. The van der Waals surface area contributed by atoms with Crippen LogP contribution < -0.4 is 0 Å². The molecule has 0 spiro atoms. The maximum absolute atomic E-state index is 4.86. The predicted molar refractivity (Wildman–Crippen MR) is 217 cm³/mol. The van der Waals surface area contributed by atoms with Crippen molar-refractivity contribution in [1.82, 2.24) is 19.1 Å². The lowest BCUT2D eigenvalue weighted by atomic mass is 9.83. The van der Waals surface area contributed by atoms with Gasteiger partial charge in [0, 0.05) is 62.0 Å². The van der Waals surface area contributed by atoms with Gasteiger partial charge in [0.1, 0.15) is 0 Å². The average molecular weight is 685 g/mol. The number of benzene rings is 5. The number of hydrogen-bond donors (Lipinski definition) is 0. The van der Waals surface area contributed by atoms with Gasteiger partial charge in [0.25, 0.3) is 0 Å². The van der Waals surface area contributed by atoms with Crippen LogP contribution in [0.4, 0.5) is 0 Å². The molecule has 0 saturated heterocycles. The highest BCUT2D eigenvalue weighted by molar-refractivity contribution is 7.08. The molecule has 0 radical (unpaired) electrons. The van der Waals surface area contributed by atoms with E-state index in [9.17, 15) is 0 Å². The van der Waals surface area contributed by atoms with Crippen LogP contribution in [0.25, 0.3) is 88.6 Å². The standard InChI is InChI=1S/C47H32N4S/c1-47(2)39-19-18-32(26-35(39)45-40(47)13-8-22-48-45)51-41-14-7-6-12-33(41)34-24-29(16-20-42(34)51)37-27-52-28-38(37)30-17-21-43-36(25-30)46-44(15-9-23-49-46)50(43)31-10-4-3-5-11-31/h3-28H,1-2H3. The van der Waals surface area contributed by atoms with Crippen LogP contribution in [0.3, 0.4) is 0 Å². The molecule has 1 aliphatic carbocycles. The van der Waals surface area contributed by atoms with E-state index >= 15 is 0 Å². The Morgan fingerprint density at radius 3 is 1.96 bits per heavy atom. The fourth-order valence-corrected chi connectivity index (χ4v) is 9.57. The van der Waals surface area contributed by atoms with E-state index in [1.807, 2.05) is 18.5 Å². The molecule has 4 nitrogen and oxygen atoms in total. The lowest BCUT2D eigenvalue weighted by Gasteiger charge is -2.21. The smallest absolute Gasteiger partial charge is 0.0963 e. The number of rotatable bonds is 4. The molecule has 0 fully saturated rings. The first-order valence-electron chi connectivity index (χ1n) is 17.7. The van der Waals surface area contributed by atoms with E-state index in [0.717, 1.165) is 39.0 Å². The fourth-order valence-electron chi connectivity index (χ4n) is 8.70. The third-order valence-corrected chi connectivity index (χ3v) is 11.9. The molecule has 5 aromatic heterocycles. The van der Waals surface area contributed by atoms with Gasteiger partial charge >= 0.3 is 0 Å². The molecule has 0 saturated carbocycles. The molecule has 10 aromatic rings. The van der Waals surface area contributed by atoms with Gasteiger partial charge in [0.05, 0.1) is 33.3 Å². The Hall–Kier alpha value is -6.30. The monoisotopic (exact) mass is 684 g/mol. The first-order valence-corrected chi connectivity index (χ1v) is 18.7. The molecule has 0 bridgehead atoms. The van der Waals surface area contributed by atoms with Gasteiger partial charge in [0.2, 0.25) is 0 Å². The lowest BCUT2D eigenvalue weighted by Crippen LogP contribution is -2.15. The van der Waals surface area contributed by atoms with Crippen LogP contribution in [0.1, 0.15) is 25.0 Å². The summed E-state index contributed by atoms with van der Waals surface area (Å²) >= 11 is 1.75. The van der Waals surface area contributed by atoms with E-state index in [4.69, 9.17) is 9.97 Å². The molecule has 11 rings (SSSR count). The zero-order valence-electron chi connectivity index (χ0n) is 28.7. The van der Waals surface area contributed by atoms with Gasteiger partial charge in [-0.05, 0) is 106 Å². The molecule has 5 heterocycles. The Labute approximate surface area is 304 Å². The Kier molecular flexibility index (Phi) is 6.14. The van der Waals surface area contributed by atoms with Gasteiger partial charge in [-0.25, -0.2) is 0 Å². The predicted octanol–water partition coefficient (Wildman–Crippen LogP) is 12.4. The van der Waals surface area contributed by atoms with Crippen LogP contribution in [-0.4, -0.2) is 19.1 Å². The highest BCUT2D eigenvalue weighted by Crippen LogP contribution is 2.49. The average Bonchev–Trinajstić information content (AvgIpc) is 3.94. The number of aromatic nitrogens is 4. The Morgan fingerprint density at radius 2 is 1.13 bits per heavy atom. The second kappa shape index (κ2) is 10.8. The minimum Gasteiger partial charge on any atom is -0.309 e. The van der Waals surface area contributed by atoms with Crippen molar-refractivity contribution >= 4 is 55.1 Å². The SMILES string of the molecule is CC1(C)c2ccc(-n3c4ccccc4c4cc(-c5cscc5-c5ccc6c(c5)c5ncccc5n6-c5ccccc5)ccc43)cc2-c2ncccc21. The van der Waals surface area contributed by atoms with E-state index in [1.165, 1.54) is 60.8 Å². The zero-order valence-corrected chi connectivity index (χ0v) is 29.5. The number of pyridine rings is 2. The van der Waals surface area contributed by atoms with E-state index in [1.54, 1.807) is 11.3 Å². The van der Waals surface area contributed by atoms with Crippen molar-refractivity contribution in [1.29, 1.82) is 0 Å². The number of fused-ring (bicyclic) bond motifs is 9. The molecule has 0 atom stereocenters. The second-order valence-electron chi connectivity index (χ2n) is 14.3. The van der Waals surface area contributed by atoms with E-state index in [2.05, 4.69) is 161 Å². The Bertz CT molecular complexity index is 3050. The number of nitrogens with zero attached hydrogens (tertiary/aromatic N) is 4. The van der Waals surface area contributed by atoms with Gasteiger partial charge < -0.3 is 9.13 Å². The summed E-state index contributed by atoms with van der Waals surface area (Å²) in [5.74, 6) is 0. The minimum atomic E-state index is -0.0779. The summed E-state index contributed by atoms with van der Waals surface area (Å²) in [6.07, 6.45) is 3.81. The van der Waals surface area contributed by atoms with Crippen molar-refractivity contribution in [2.75, 3.05) is 0 Å². The zero-order chi connectivity index (χ0) is 34.6. The van der Waals surface area contributed by atoms with Crippen LogP contribution in [0.2, 0.25) is 0 Å². The van der Waals surface area contributed by atoms with E-state index in [0.29, 0.717) is 0 Å². The third kappa shape index (κ3) is 4.08. The maximum atomic E-state index is 4.86. The molecule has 0 amide bonds. The molecule has 0 N–H and O–H groups in total. The Morgan fingerprint density at radius 1 is 0.481 bits per heavy atom. The van der Waals surface area contributed by atoms with Gasteiger partial charge in [-0.2, -0.15) is 11.3 Å². The van der Waals surface area contributed by atoms with E-state index in [-0.39, 0.29) is 5.41 Å². The van der Waals surface area contributed by atoms with Crippen molar-refractivity contribution in [3.63, 3.8) is 0 Å². The van der Waals surface area contributed by atoms with Crippen molar-refractivity contribution in [2.24, 2.45) is 0 Å². The quantitative estimate of drug-likeness (QED) is 0.185. The van der Waals surface area contributed by atoms with E-state index < -0.39 is 0 Å². The normalized spacial score (nSPS) is 13.3. The first-order chi connectivity index (χ1) is 25.6. The van der Waals surface area contributed by atoms with Crippen LogP contribution in [-0.2, 0) is 5.41 Å². The molecular formula is C47H32N4S. The van der Waals surface area contributed by atoms with Gasteiger partial charge in [-0.15, -0.1) is 0 Å². The molecule has 0 unspecified atom stereocenters. The molecule has 52 heavy (non-hydrogen) atoms. The van der Waals surface area contributed by atoms with Crippen molar-refractivity contribution in [3.8, 4) is 44.9 Å². The van der Waals surface area contributed by atoms with Crippen molar-refractivity contribution in [2.45, 2.75) is 19.3 Å². The van der Waals surface area contributed by atoms with Gasteiger partial charge in [-0.3, -0.25) is 9.97 Å². The summed E-state index contributed by atoms with van der Waals surface area (Å²) in [6, 6.07) is 48.5. The topological polar surface area (TPSA) is 35.6 Å². The summed E-state index contributed by atoms with van der Waals surface area (Å²) in [7, 11) is 0.